The summed E-state index contributed by atoms with van der Waals surface area (Å²) in [6.07, 6.45) is 0.332. The third-order valence-corrected chi connectivity index (χ3v) is 5.47. The van der Waals surface area contributed by atoms with Crippen molar-refractivity contribution in [3.8, 4) is 5.75 Å². The molecule has 21 heavy (non-hydrogen) atoms. The molecule has 1 rings (SSSR count). The Morgan fingerprint density at radius 1 is 1.29 bits per heavy atom. The lowest BCUT2D eigenvalue weighted by molar-refractivity contribution is -0.118. The van der Waals surface area contributed by atoms with E-state index >= 15 is 0 Å². The Labute approximate surface area is 124 Å². The lowest BCUT2D eigenvalue weighted by atomic mass is 9.87. The van der Waals surface area contributed by atoms with E-state index in [1.54, 1.807) is 26.0 Å². The van der Waals surface area contributed by atoms with Gasteiger partial charge in [0.15, 0.2) is 10.9 Å². The van der Waals surface area contributed by atoms with Crippen LogP contribution >= 0.6 is 7.60 Å². The minimum atomic E-state index is -4.73. The lowest BCUT2D eigenvalue weighted by Crippen LogP contribution is -2.36. The van der Waals surface area contributed by atoms with Crippen LogP contribution in [0.3, 0.4) is 0 Å². The molecule has 1 aromatic carbocycles. The Hall–Kier alpha value is -1.42. The van der Waals surface area contributed by atoms with Crippen molar-refractivity contribution in [3.63, 3.8) is 0 Å². The van der Waals surface area contributed by atoms with Crippen molar-refractivity contribution in [3.05, 3.63) is 42.0 Å². The third-order valence-electron chi connectivity index (χ3n) is 3.70. The zero-order valence-electron chi connectivity index (χ0n) is 12.5. The van der Waals surface area contributed by atoms with E-state index in [-0.39, 0.29) is 17.6 Å². The van der Waals surface area contributed by atoms with E-state index in [1.807, 2.05) is 0 Å². The second-order valence-corrected chi connectivity index (χ2v) is 6.62. The van der Waals surface area contributed by atoms with Crippen LogP contribution in [0.25, 0.3) is 0 Å². The Kier molecular flexibility index (Phi) is 5.51. The topological polar surface area (TPSA) is 83.8 Å². The summed E-state index contributed by atoms with van der Waals surface area (Å²) in [5.41, 5.74) is 0.481. The minimum absolute atomic E-state index is 0.0124. The molecule has 0 bridgehead atoms. The van der Waals surface area contributed by atoms with Gasteiger partial charge in [0.2, 0.25) is 0 Å². The number of methoxy groups -OCH3 is 1. The van der Waals surface area contributed by atoms with Crippen molar-refractivity contribution in [2.24, 2.45) is 0 Å². The van der Waals surface area contributed by atoms with Crippen LogP contribution in [0, 0.1) is 0 Å². The molecule has 116 valence electrons. The Balaban J connectivity index is 3.53. The molecule has 2 N–H and O–H groups in total. The molecule has 0 amide bonds. The van der Waals surface area contributed by atoms with Gasteiger partial charge in [-0.15, -0.1) is 0 Å². The first-order valence-corrected chi connectivity index (χ1v) is 8.28. The molecule has 1 atom stereocenters. The first-order valence-electron chi connectivity index (χ1n) is 6.67. The third kappa shape index (κ3) is 3.10. The number of rotatable bonds is 7. The normalized spacial score (nSPS) is 14.3. The van der Waals surface area contributed by atoms with Crippen molar-refractivity contribution in [2.45, 2.75) is 31.8 Å². The average molecular weight is 312 g/mol. The van der Waals surface area contributed by atoms with Gasteiger partial charge in [0.05, 0.1) is 7.11 Å². The predicted octanol–water partition coefficient (Wildman–Crippen LogP) is 3.01. The van der Waals surface area contributed by atoms with Gasteiger partial charge in [0.1, 0.15) is 5.75 Å². The Morgan fingerprint density at radius 2 is 1.81 bits per heavy atom. The summed E-state index contributed by atoms with van der Waals surface area (Å²) in [5.74, 6) is -0.0535. The highest BCUT2D eigenvalue weighted by Gasteiger charge is 2.53. The van der Waals surface area contributed by atoms with Crippen molar-refractivity contribution < 1.29 is 23.9 Å². The molecule has 0 aliphatic rings. The zero-order valence-corrected chi connectivity index (χ0v) is 13.4. The molecule has 0 aliphatic carbocycles. The molecule has 0 aromatic heterocycles. The molecule has 0 aliphatic heterocycles. The SMILES string of the molecule is C=C(CC)C(=O)C(CC)(c1ccc(OC)cc1)P(=O)(O)O. The molecule has 6 heteroatoms. The first kappa shape index (κ1) is 17.6. The molecular formula is C15H21O5P. The fourth-order valence-corrected chi connectivity index (χ4v) is 3.64. The quantitative estimate of drug-likeness (QED) is 0.597. The van der Waals surface area contributed by atoms with Gasteiger partial charge in [-0.2, -0.15) is 0 Å². The summed E-state index contributed by atoms with van der Waals surface area (Å²) in [4.78, 5) is 32.3. The van der Waals surface area contributed by atoms with Crippen LogP contribution in [-0.2, 0) is 14.5 Å². The van der Waals surface area contributed by atoms with Crippen molar-refractivity contribution in [2.75, 3.05) is 7.11 Å². The van der Waals surface area contributed by atoms with Gasteiger partial charge in [-0.05, 0) is 36.1 Å². The summed E-state index contributed by atoms with van der Waals surface area (Å²) in [5, 5.41) is -1.88. The smallest absolute Gasteiger partial charge is 0.343 e. The van der Waals surface area contributed by atoms with Gasteiger partial charge in [-0.25, -0.2) is 0 Å². The van der Waals surface area contributed by atoms with Crippen LogP contribution in [0.15, 0.2) is 36.4 Å². The highest BCUT2D eigenvalue weighted by atomic mass is 31.2. The molecule has 0 spiro atoms. The molecule has 1 unspecified atom stereocenters. The van der Waals surface area contributed by atoms with E-state index in [0.717, 1.165) is 0 Å². The number of ketones is 1. The number of hydrogen-bond acceptors (Lipinski definition) is 3. The maximum atomic E-state index is 12.6. The van der Waals surface area contributed by atoms with Crippen LogP contribution in [0.4, 0.5) is 0 Å². The van der Waals surface area contributed by atoms with Gasteiger partial charge in [-0.1, -0.05) is 32.6 Å². The van der Waals surface area contributed by atoms with E-state index in [0.29, 0.717) is 12.2 Å². The number of hydrogen-bond donors (Lipinski definition) is 2. The van der Waals surface area contributed by atoms with Gasteiger partial charge < -0.3 is 14.5 Å². The molecule has 0 heterocycles. The maximum absolute atomic E-state index is 12.6. The van der Waals surface area contributed by atoms with E-state index in [2.05, 4.69) is 6.58 Å². The average Bonchev–Trinajstić information content (AvgIpc) is 2.46. The number of carbonyl (C=O) groups is 1. The molecule has 0 saturated heterocycles. The maximum Gasteiger partial charge on any atom is 0.343 e. The van der Waals surface area contributed by atoms with Crippen LogP contribution in [0.1, 0.15) is 32.3 Å². The van der Waals surface area contributed by atoms with Crippen molar-refractivity contribution in [1.82, 2.24) is 0 Å². The van der Waals surface area contributed by atoms with Crippen LogP contribution in [-0.4, -0.2) is 22.7 Å². The molecule has 0 saturated carbocycles. The highest BCUT2D eigenvalue weighted by Crippen LogP contribution is 2.60. The molecule has 1 aromatic rings. The van der Waals surface area contributed by atoms with Crippen LogP contribution in [0.2, 0.25) is 0 Å². The zero-order chi connectivity index (χ0) is 16.3. The fraction of sp³-hybridized carbons (Fsp3) is 0.400. The van der Waals surface area contributed by atoms with Gasteiger partial charge in [-0.3, -0.25) is 9.36 Å². The summed E-state index contributed by atoms with van der Waals surface area (Å²) in [6, 6.07) is 6.19. The highest BCUT2D eigenvalue weighted by molar-refractivity contribution is 7.54. The second kappa shape index (κ2) is 6.56. The van der Waals surface area contributed by atoms with E-state index in [9.17, 15) is 19.1 Å². The summed E-state index contributed by atoms with van der Waals surface area (Å²) in [6.45, 7) is 6.96. The monoisotopic (exact) mass is 312 g/mol. The predicted molar refractivity (Wildman–Crippen MR) is 81.4 cm³/mol. The molecular weight excluding hydrogens is 291 g/mol. The van der Waals surface area contributed by atoms with E-state index in [4.69, 9.17) is 4.74 Å². The molecule has 5 nitrogen and oxygen atoms in total. The summed E-state index contributed by atoms with van der Waals surface area (Å²) >= 11 is 0. The van der Waals surface area contributed by atoms with Gasteiger partial charge in [0, 0.05) is 0 Å². The summed E-state index contributed by atoms with van der Waals surface area (Å²) < 4.78 is 17.1. The number of allylic oxidation sites excluding steroid dienone is 1. The number of ether oxygens (including phenoxy) is 1. The number of Topliss-reactive ketones (excluding diaryl/α,β-unsaturated/α-hetero) is 1. The fourth-order valence-electron chi connectivity index (χ4n) is 2.32. The van der Waals surface area contributed by atoms with Crippen LogP contribution in [0.5, 0.6) is 5.75 Å². The van der Waals surface area contributed by atoms with E-state index in [1.165, 1.54) is 19.2 Å². The first-order chi connectivity index (χ1) is 9.74. The lowest BCUT2D eigenvalue weighted by Gasteiger charge is -2.33. The largest absolute Gasteiger partial charge is 0.497 e. The minimum Gasteiger partial charge on any atom is -0.497 e. The van der Waals surface area contributed by atoms with Crippen LogP contribution < -0.4 is 4.74 Å². The Bertz CT molecular complexity index is 572. The van der Waals surface area contributed by atoms with Gasteiger partial charge in [0.25, 0.3) is 0 Å². The molecule has 0 radical (unpaired) electrons. The second-order valence-electron chi connectivity index (χ2n) is 4.77. The Morgan fingerprint density at radius 3 is 2.14 bits per heavy atom. The standard InChI is InChI=1S/C15H21O5P/c1-5-11(3)14(16)15(6-2,21(17,18)19)12-7-9-13(20-4)10-8-12/h7-10H,3,5-6H2,1-2,4H3,(H2,17,18,19). The number of carbonyl (C=O) groups excluding carboxylic acids is 1. The number of benzene rings is 1. The van der Waals surface area contributed by atoms with E-state index < -0.39 is 18.5 Å². The summed E-state index contributed by atoms with van der Waals surface area (Å²) in [7, 11) is -3.23. The van der Waals surface area contributed by atoms with Crippen molar-refractivity contribution in [1.29, 1.82) is 0 Å². The van der Waals surface area contributed by atoms with Crippen molar-refractivity contribution >= 4 is 13.4 Å². The molecule has 0 fully saturated rings. The van der Waals surface area contributed by atoms with Gasteiger partial charge >= 0.3 is 7.60 Å².